The lowest BCUT2D eigenvalue weighted by molar-refractivity contribution is -0.139. The van der Waals surface area contributed by atoms with E-state index in [1.165, 1.54) is 18.4 Å². The van der Waals surface area contributed by atoms with Crippen molar-refractivity contribution in [1.29, 1.82) is 0 Å². The fourth-order valence-electron chi connectivity index (χ4n) is 5.59. The van der Waals surface area contributed by atoms with E-state index in [1.54, 1.807) is 0 Å². The van der Waals surface area contributed by atoms with E-state index >= 15 is 0 Å². The summed E-state index contributed by atoms with van der Waals surface area (Å²) in [6, 6.07) is 18.2. The molecule has 1 aliphatic heterocycles. The Balaban J connectivity index is 1.40. The van der Waals surface area contributed by atoms with Crippen molar-refractivity contribution in [3.8, 4) is 0 Å². The third-order valence-corrected chi connectivity index (χ3v) is 7.73. The van der Waals surface area contributed by atoms with Gasteiger partial charge in [-0.2, -0.15) is 0 Å². The highest BCUT2D eigenvalue weighted by molar-refractivity contribution is 5.94. The molecule has 0 radical (unpaired) electrons. The first-order valence-electron chi connectivity index (χ1n) is 13.2. The van der Waals surface area contributed by atoms with Crippen LogP contribution in [0.4, 0.5) is 0 Å². The fraction of sp³-hybridized carbons (Fsp3) is 0.533. The van der Waals surface area contributed by atoms with Crippen molar-refractivity contribution >= 4 is 11.8 Å². The number of piperazine rings is 1. The zero-order valence-electron chi connectivity index (χ0n) is 21.9. The molecule has 5 nitrogen and oxygen atoms in total. The van der Waals surface area contributed by atoms with Gasteiger partial charge in [0.1, 0.15) is 0 Å². The topological polar surface area (TPSA) is 43.9 Å². The standard InChI is InChI=1S/C30H41N3O2/c1-30(2,3)26-16-14-25(15-17-26)28(34)33-20-18-32(19-21-33)27(24-12-8-9-13-24)29(35)31(4)22-23-10-6-5-7-11-23/h5-7,10-11,14-17,24,27H,8-9,12-13,18-22H2,1-4H3. The number of hydrogen-bond donors (Lipinski definition) is 0. The molecule has 1 unspecified atom stereocenters. The Morgan fingerprint density at radius 1 is 0.914 bits per heavy atom. The first-order valence-corrected chi connectivity index (χ1v) is 13.2. The van der Waals surface area contributed by atoms with Gasteiger partial charge in [-0.1, -0.05) is 76.1 Å². The Bertz CT molecular complexity index is 983. The van der Waals surface area contributed by atoms with E-state index in [1.807, 2.05) is 47.2 Å². The number of carbonyl (C=O) groups excluding carboxylic acids is 2. The van der Waals surface area contributed by atoms with E-state index in [0.717, 1.165) is 37.1 Å². The molecule has 2 aromatic carbocycles. The van der Waals surface area contributed by atoms with Crippen molar-refractivity contribution in [2.45, 2.75) is 64.5 Å². The Labute approximate surface area is 211 Å². The van der Waals surface area contributed by atoms with E-state index in [0.29, 0.717) is 25.6 Å². The third-order valence-electron chi connectivity index (χ3n) is 7.73. The summed E-state index contributed by atoms with van der Waals surface area (Å²) in [6.07, 6.45) is 4.66. The number of likely N-dealkylation sites (N-methyl/N-ethyl adjacent to an activating group) is 1. The zero-order valence-corrected chi connectivity index (χ0v) is 21.9. The lowest BCUT2D eigenvalue weighted by Crippen LogP contribution is -2.58. The van der Waals surface area contributed by atoms with Gasteiger partial charge in [-0.3, -0.25) is 14.5 Å². The van der Waals surface area contributed by atoms with Crippen molar-refractivity contribution in [2.75, 3.05) is 33.2 Å². The van der Waals surface area contributed by atoms with E-state index in [9.17, 15) is 9.59 Å². The second kappa shape index (κ2) is 10.9. The van der Waals surface area contributed by atoms with Gasteiger partial charge in [0.15, 0.2) is 0 Å². The van der Waals surface area contributed by atoms with Gasteiger partial charge in [0.05, 0.1) is 6.04 Å². The van der Waals surface area contributed by atoms with Crippen molar-refractivity contribution in [1.82, 2.24) is 14.7 Å². The summed E-state index contributed by atoms with van der Waals surface area (Å²) in [5.74, 6) is 0.723. The van der Waals surface area contributed by atoms with E-state index in [-0.39, 0.29) is 23.3 Å². The minimum atomic E-state index is -0.0884. The van der Waals surface area contributed by atoms with Gasteiger partial charge in [-0.15, -0.1) is 0 Å². The maximum atomic E-state index is 13.7. The molecule has 1 atom stereocenters. The lowest BCUT2D eigenvalue weighted by Gasteiger charge is -2.42. The predicted molar refractivity (Wildman–Crippen MR) is 141 cm³/mol. The first kappa shape index (κ1) is 25.4. The zero-order chi connectivity index (χ0) is 25.0. The van der Waals surface area contributed by atoms with Gasteiger partial charge in [0.25, 0.3) is 5.91 Å². The van der Waals surface area contributed by atoms with Crippen LogP contribution in [-0.2, 0) is 16.8 Å². The van der Waals surface area contributed by atoms with Crippen LogP contribution in [-0.4, -0.2) is 65.8 Å². The molecular weight excluding hydrogens is 434 g/mol. The quantitative estimate of drug-likeness (QED) is 0.593. The molecule has 2 amide bonds. The number of hydrogen-bond acceptors (Lipinski definition) is 3. The van der Waals surface area contributed by atoms with Crippen LogP contribution in [0.1, 0.15) is 67.9 Å². The molecule has 188 valence electrons. The SMILES string of the molecule is CN(Cc1ccccc1)C(=O)C(C1CCCC1)N1CCN(C(=O)c2ccc(C(C)(C)C)cc2)CC1. The van der Waals surface area contributed by atoms with Crippen LogP contribution in [0, 0.1) is 5.92 Å². The predicted octanol–water partition coefficient (Wildman–Crippen LogP) is 4.96. The Morgan fingerprint density at radius 3 is 2.09 bits per heavy atom. The average Bonchev–Trinajstić information content (AvgIpc) is 3.39. The second-order valence-electron chi connectivity index (χ2n) is 11.3. The summed E-state index contributed by atoms with van der Waals surface area (Å²) in [4.78, 5) is 33.1. The third kappa shape index (κ3) is 6.13. The number of amides is 2. The maximum absolute atomic E-state index is 13.7. The molecule has 2 aromatic rings. The largest absolute Gasteiger partial charge is 0.340 e. The van der Waals surface area contributed by atoms with Crippen LogP contribution >= 0.6 is 0 Å². The Kier molecular flexibility index (Phi) is 7.95. The summed E-state index contributed by atoms with van der Waals surface area (Å²) >= 11 is 0. The fourth-order valence-corrected chi connectivity index (χ4v) is 5.59. The van der Waals surface area contributed by atoms with Gasteiger partial charge in [0.2, 0.25) is 5.91 Å². The monoisotopic (exact) mass is 475 g/mol. The number of rotatable bonds is 6. The summed E-state index contributed by atoms with van der Waals surface area (Å²) in [5, 5.41) is 0. The van der Waals surface area contributed by atoms with Crippen molar-refractivity contribution in [3.63, 3.8) is 0 Å². The number of benzene rings is 2. The molecule has 0 bridgehead atoms. The number of nitrogens with zero attached hydrogens (tertiary/aromatic N) is 3. The molecule has 0 spiro atoms. The molecule has 35 heavy (non-hydrogen) atoms. The summed E-state index contributed by atoms with van der Waals surface area (Å²) in [6.45, 7) is 10.0. The molecule has 1 saturated heterocycles. The van der Waals surface area contributed by atoms with Crippen LogP contribution in [0.15, 0.2) is 54.6 Å². The van der Waals surface area contributed by atoms with Crippen LogP contribution in [0.3, 0.4) is 0 Å². The molecule has 0 N–H and O–H groups in total. The maximum Gasteiger partial charge on any atom is 0.253 e. The van der Waals surface area contributed by atoms with Crippen LogP contribution in [0.25, 0.3) is 0 Å². The second-order valence-corrected chi connectivity index (χ2v) is 11.3. The summed E-state index contributed by atoms with van der Waals surface area (Å²) in [5.41, 5.74) is 3.21. The highest BCUT2D eigenvalue weighted by Crippen LogP contribution is 2.32. The van der Waals surface area contributed by atoms with Gasteiger partial charge >= 0.3 is 0 Å². The Hall–Kier alpha value is -2.66. The smallest absolute Gasteiger partial charge is 0.253 e. The van der Waals surface area contributed by atoms with Gasteiger partial charge in [0, 0.05) is 45.3 Å². The molecule has 1 aliphatic carbocycles. The molecule has 0 aromatic heterocycles. The molecule has 2 aliphatic rings. The molecule has 1 heterocycles. The summed E-state index contributed by atoms with van der Waals surface area (Å²) in [7, 11) is 1.93. The molecule has 2 fully saturated rings. The van der Waals surface area contributed by atoms with Crippen LogP contribution < -0.4 is 0 Å². The highest BCUT2D eigenvalue weighted by Gasteiger charge is 2.38. The minimum Gasteiger partial charge on any atom is -0.340 e. The molecule has 4 rings (SSSR count). The first-order chi connectivity index (χ1) is 16.7. The van der Waals surface area contributed by atoms with Crippen molar-refractivity contribution in [2.24, 2.45) is 5.92 Å². The van der Waals surface area contributed by atoms with E-state index in [4.69, 9.17) is 0 Å². The summed E-state index contributed by atoms with van der Waals surface area (Å²) < 4.78 is 0. The molecule has 5 heteroatoms. The number of carbonyl (C=O) groups is 2. The average molecular weight is 476 g/mol. The van der Waals surface area contributed by atoms with Gasteiger partial charge in [-0.05, 0) is 47.4 Å². The lowest BCUT2D eigenvalue weighted by atomic mass is 9.86. The van der Waals surface area contributed by atoms with Gasteiger partial charge < -0.3 is 9.80 Å². The molecule has 1 saturated carbocycles. The molecular formula is C30H41N3O2. The van der Waals surface area contributed by atoms with Gasteiger partial charge in [-0.25, -0.2) is 0 Å². The van der Waals surface area contributed by atoms with Crippen LogP contribution in [0.2, 0.25) is 0 Å². The normalized spacial score (nSPS) is 18.5. The van der Waals surface area contributed by atoms with E-state index < -0.39 is 0 Å². The minimum absolute atomic E-state index is 0.0721. The highest BCUT2D eigenvalue weighted by atomic mass is 16.2. The van der Waals surface area contributed by atoms with Crippen molar-refractivity contribution in [3.05, 3.63) is 71.3 Å². The van der Waals surface area contributed by atoms with Crippen molar-refractivity contribution < 1.29 is 9.59 Å². The van der Waals surface area contributed by atoms with E-state index in [2.05, 4.69) is 49.9 Å². The van der Waals surface area contributed by atoms with Crippen LogP contribution in [0.5, 0.6) is 0 Å². The Morgan fingerprint density at radius 2 is 1.51 bits per heavy atom.